The van der Waals surface area contributed by atoms with Gasteiger partial charge in [0, 0.05) is 16.2 Å². The lowest BCUT2D eigenvalue weighted by Crippen LogP contribution is -2.10. The van der Waals surface area contributed by atoms with Crippen LogP contribution in [-0.2, 0) is 0 Å². The minimum atomic E-state index is -0.0577. The van der Waals surface area contributed by atoms with E-state index in [1.54, 1.807) is 6.20 Å². The summed E-state index contributed by atoms with van der Waals surface area (Å²) in [5.41, 5.74) is 1.93. The van der Waals surface area contributed by atoms with E-state index >= 15 is 0 Å². The highest BCUT2D eigenvalue weighted by atomic mass is 127. The van der Waals surface area contributed by atoms with Crippen LogP contribution in [0.3, 0.4) is 0 Å². The van der Waals surface area contributed by atoms with E-state index < -0.39 is 0 Å². The van der Waals surface area contributed by atoms with Crippen LogP contribution in [0, 0.1) is 3.57 Å². The third-order valence-corrected chi connectivity index (χ3v) is 3.70. The molecule has 0 unspecified atom stereocenters. The van der Waals surface area contributed by atoms with E-state index in [-0.39, 0.29) is 5.56 Å². The van der Waals surface area contributed by atoms with Crippen molar-refractivity contribution in [2.24, 2.45) is 0 Å². The molecule has 1 aromatic carbocycles. The molecule has 15 heavy (non-hydrogen) atoms. The number of benzene rings is 1. The molecule has 0 fully saturated rings. The van der Waals surface area contributed by atoms with Gasteiger partial charge in [-0.05, 0) is 44.1 Å². The Labute approximate surface area is 109 Å². The zero-order valence-corrected chi connectivity index (χ0v) is 11.4. The molecule has 0 aliphatic heterocycles. The number of hydrogen-bond donors (Lipinski definition) is 1. The molecule has 0 radical (unpaired) electrons. The molecular weight excluding hydrogens is 369 g/mol. The van der Waals surface area contributed by atoms with Gasteiger partial charge in [0.1, 0.15) is 0 Å². The Morgan fingerprint density at radius 2 is 1.87 bits per heavy atom. The third kappa shape index (κ3) is 2.15. The summed E-state index contributed by atoms with van der Waals surface area (Å²) in [6.45, 7) is 0. The summed E-state index contributed by atoms with van der Waals surface area (Å²) in [5, 5.41) is 0. The molecule has 1 N–H and O–H groups in total. The van der Waals surface area contributed by atoms with Crippen molar-refractivity contribution < 1.29 is 0 Å². The fourth-order valence-corrected chi connectivity index (χ4v) is 3.02. The number of hydrogen-bond acceptors (Lipinski definition) is 1. The van der Waals surface area contributed by atoms with E-state index in [1.807, 2.05) is 30.3 Å². The molecule has 1 heterocycles. The Morgan fingerprint density at radius 1 is 1.20 bits per heavy atom. The summed E-state index contributed by atoms with van der Waals surface area (Å²) in [4.78, 5) is 14.1. The lowest BCUT2D eigenvalue weighted by molar-refractivity contribution is 1.20. The van der Waals surface area contributed by atoms with Crippen molar-refractivity contribution >= 4 is 38.5 Å². The van der Waals surface area contributed by atoms with Crippen molar-refractivity contribution in [3.8, 4) is 11.1 Å². The van der Waals surface area contributed by atoms with Crippen LogP contribution < -0.4 is 5.56 Å². The molecule has 0 aliphatic carbocycles. The molecule has 0 atom stereocenters. The van der Waals surface area contributed by atoms with Gasteiger partial charge in [-0.3, -0.25) is 4.79 Å². The van der Waals surface area contributed by atoms with Crippen molar-refractivity contribution in [2.45, 2.75) is 0 Å². The maximum absolute atomic E-state index is 11.5. The summed E-state index contributed by atoms with van der Waals surface area (Å²) >= 11 is 5.50. The van der Waals surface area contributed by atoms with E-state index in [0.29, 0.717) is 3.57 Å². The SMILES string of the molecule is O=c1[nH]cc(Br)c(-c2ccccc2)c1I. The van der Waals surface area contributed by atoms with Crippen molar-refractivity contribution in [1.82, 2.24) is 4.98 Å². The molecule has 0 saturated heterocycles. The Hall–Kier alpha value is -0.620. The minimum Gasteiger partial charge on any atom is -0.327 e. The second-order valence-electron chi connectivity index (χ2n) is 3.02. The van der Waals surface area contributed by atoms with Gasteiger partial charge in [-0.2, -0.15) is 0 Å². The normalized spacial score (nSPS) is 10.3. The topological polar surface area (TPSA) is 32.9 Å². The summed E-state index contributed by atoms with van der Waals surface area (Å²) in [5.74, 6) is 0. The second-order valence-corrected chi connectivity index (χ2v) is 4.95. The number of rotatable bonds is 1. The smallest absolute Gasteiger partial charge is 0.262 e. The van der Waals surface area contributed by atoms with Gasteiger partial charge in [0.05, 0.1) is 3.57 Å². The maximum atomic E-state index is 11.5. The quantitative estimate of drug-likeness (QED) is 0.761. The maximum Gasteiger partial charge on any atom is 0.262 e. The number of nitrogens with one attached hydrogen (secondary N) is 1. The molecule has 2 aromatic rings. The third-order valence-electron chi connectivity index (χ3n) is 2.05. The average molecular weight is 376 g/mol. The largest absolute Gasteiger partial charge is 0.327 e. The summed E-state index contributed by atoms with van der Waals surface area (Å²) in [7, 11) is 0. The lowest BCUT2D eigenvalue weighted by Gasteiger charge is -2.06. The highest BCUT2D eigenvalue weighted by Crippen LogP contribution is 2.29. The van der Waals surface area contributed by atoms with Gasteiger partial charge in [-0.15, -0.1) is 0 Å². The minimum absolute atomic E-state index is 0.0577. The molecular formula is C11H7BrINO. The second kappa shape index (κ2) is 4.49. The van der Waals surface area contributed by atoms with Crippen molar-refractivity contribution in [3.63, 3.8) is 0 Å². The Balaban J connectivity index is 2.73. The molecule has 76 valence electrons. The van der Waals surface area contributed by atoms with E-state index in [4.69, 9.17) is 0 Å². The van der Waals surface area contributed by atoms with Crippen LogP contribution in [0.1, 0.15) is 0 Å². The Bertz CT molecular complexity index is 536. The lowest BCUT2D eigenvalue weighted by atomic mass is 10.1. The number of aromatic amines is 1. The van der Waals surface area contributed by atoms with E-state index in [2.05, 4.69) is 43.5 Å². The number of pyridine rings is 1. The Morgan fingerprint density at radius 3 is 2.53 bits per heavy atom. The standard InChI is InChI=1S/C11H7BrINO/c12-8-6-14-11(15)10(13)9(8)7-4-2-1-3-5-7/h1-6H,(H,14,15). The molecule has 1 aromatic heterocycles. The van der Waals surface area contributed by atoms with Crippen LogP contribution in [0.2, 0.25) is 0 Å². The van der Waals surface area contributed by atoms with Gasteiger partial charge in [0.2, 0.25) is 0 Å². The first kappa shape index (κ1) is 10.9. The summed E-state index contributed by atoms with van der Waals surface area (Å²) < 4.78 is 1.60. The monoisotopic (exact) mass is 375 g/mol. The van der Waals surface area contributed by atoms with E-state index in [9.17, 15) is 4.79 Å². The van der Waals surface area contributed by atoms with Gasteiger partial charge in [0.25, 0.3) is 5.56 Å². The summed E-state index contributed by atoms with van der Waals surface area (Å²) in [6.07, 6.45) is 1.67. The van der Waals surface area contributed by atoms with Crippen LogP contribution >= 0.6 is 38.5 Å². The molecule has 2 nitrogen and oxygen atoms in total. The van der Waals surface area contributed by atoms with Crippen molar-refractivity contribution in [3.05, 3.63) is 54.9 Å². The highest BCUT2D eigenvalue weighted by Gasteiger charge is 2.09. The van der Waals surface area contributed by atoms with Crippen LogP contribution in [0.4, 0.5) is 0 Å². The number of halogens is 2. The summed E-state index contributed by atoms with van der Waals surface area (Å²) in [6, 6.07) is 9.85. The predicted molar refractivity (Wildman–Crippen MR) is 72.9 cm³/mol. The van der Waals surface area contributed by atoms with Gasteiger partial charge >= 0.3 is 0 Å². The van der Waals surface area contributed by atoms with Gasteiger partial charge in [0.15, 0.2) is 0 Å². The van der Waals surface area contributed by atoms with Crippen LogP contribution in [-0.4, -0.2) is 4.98 Å². The number of H-pyrrole nitrogens is 1. The fourth-order valence-electron chi connectivity index (χ4n) is 1.35. The zero-order chi connectivity index (χ0) is 10.8. The van der Waals surface area contributed by atoms with Gasteiger partial charge in [-0.25, -0.2) is 0 Å². The highest BCUT2D eigenvalue weighted by molar-refractivity contribution is 14.1. The molecule has 0 amide bonds. The first-order chi connectivity index (χ1) is 7.20. The first-order valence-corrected chi connectivity index (χ1v) is 6.19. The molecule has 0 aliphatic rings. The molecule has 0 saturated carbocycles. The first-order valence-electron chi connectivity index (χ1n) is 4.32. The van der Waals surface area contributed by atoms with Crippen LogP contribution in [0.5, 0.6) is 0 Å². The average Bonchev–Trinajstić information content (AvgIpc) is 2.26. The van der Waals surface area contributed by atoms with Crippen molar-refractivity contribution in [1.29, 1.82) is 0 Å². The predicted octanol–water partition coefficient (Wildman–Crippen LogP) is 3.41. The van der Waals surface area contributed by atoms with Crippen LogP contribution in [0.25, 0.3) is 11.1 Å². The van der Waals surface area contributed by atoms with Gasteiger partial charge < -0.3 is 4.98 Å². The molecule has 4 heteroatoms. The zero-order valence-electron chi connectivity index (χ0n) is 7.63. The van der Waals surface area contributed by atoms with Gasteiger partial charge in [-0.1, -0.05) is 30.3 Å². The molecule has 0 bridgehead atoms. The fraction of sp³-hybridized carbons (Fsp3) is 0. The van der Waals surface area contributed by atoms with Crippen molar-refractivity contribution in [2.75, 3.05) is 0 Å². The molecule has 2 rings (SSSR count). The van der Waals surface area contributed by atoms with E-state index in [1.165, 1.54) is 0 Å². The van der Waals surface area contributed by atoms with Crippen LogP contribution in [0.15, 0.2) is 45.8 Å². The Kier molecular flexibility index (Phi) is 3.25. The van der Waals surface area contributed by atoms with E-state index in [0.717, 1.165) is 15.6 Å². The molecule has 0 spiro atoms. The number of aromatic nitrogens is 1.